The molecule has 2 rings (SSSR count). The summed E-state index contributed by atoms with van der Waals surface area (Å²) in [4.78, 5) is 23.6. The van der Waals surface area contributed by atoms with E-state index < -0.39 is 0 Å². The van der Waals surface area contributed by atoms with Crippen LogP contribution >= 0.6 is 0 Å². The molecule has 19 heavy (non-hydrogen) atoms. The van der Waals surface area contributed by atoms with Gasteiger partial charge in [-0.2, -0.15) is 5.10 Å². The molecule has 0 aliphatic heterocycles. The van der Waals surface area contributed by atoms with Crippen LogP contribution in [0.5, 0.6) is 0 Å². The number of hydrogen-bond donors (Lipinski definition) is 1. The van der Waals surface area contributed by atoms with E-state index in [0.29, 0.717) is 18.7 Å². The highest BCUT2D eigenvalue weighted by Crippen LogP contribution is 1.95. The fourth-order valence-corrected chi connectivity index (χ4v) is 1.73. The smallest absolute Gasteiger partial charge is 0.291 e. The van der Waals surface area contributed by atoms with Crippen molar-refractivity contribution in [3.8, 4) is 0 Å². The van der Waals surface area contributed by atoms with Gasteiger partial charge in [-0.3, -0.25) is 9.59 Å². The quantitative estimate of drug-likeness (QED) is 0.723. The van der Waals surface area contributed by atoms with E-state index in [0.717, 1.165) is 11.1 Å². The summed E-state index contributed by atoms with van der Waals surface area (Å²) < 4.78 is 7.65. The minimum Gasteiger partial charge on any atom is -0.385 e. The minimum atomic E-state index is -0.278. The Balaban J connectivity index is 1.99. The Hall–Kier alpha value is -2.15. The van der Waals surface area contributed by atoms with Gasteiger partial charge in [-0.15, -0.1) is 0 Å². The highest BCUT2D eigenvalue weighted by molar-refractivity contribution is 5.75. The van der Waals surface area contributed by atoms with Gasteiger partial charge in [0.25, 0.3) is 5.56 Å². The lowest BCUT2D eigenvalue weighted by Gasteiger charge is -2.06. The van der Waals surface area contributed by atoms with Gasteiger partial charge in [0.05, 0.1) is 0 Å². The van der Waals surface area contributed by atoms with Crippen LogP contribution in [-0.4, -0.2) is 40.3 Å². The summed E-state index contributed by atoms with van der Waals surface area (Å²) >= 11 is 0. The molecule has 0 aromatic carbocycles. The molecule has 0 unspecified atom stereocenters. The van der Waals surface area contributed by atoms with E-state index in [9.17, 15) is 9.59 Å². The predicted octanol–water partition coefficient (Wildman–Crippen LogP) is -0.351. The van der Waals surface area contributed by atoms with Crippen LogP contribution in [0.25, 0.3) is 5.52 Å². The zero-order chi connectivity index (χ0) is 13.7. The third-order valence-electron chi connectivity index (χ3n) is 2.69. The van der Waals surface area contributed by atoms with Crippen molar-refractivity contribution in [2.75, 3.05) is 20.3 Å². The third kappa shape index (κ3) is 3.19. The van der Waals surface area contributed by atoms with Gasteiger partial charge in [0, 0.05) is 26.5 Å². The van der Waals surface area contributed by atoms with E-state index in [1.807, 2.05) is 0 Å². The molecule has 1 amide bonds. The van der Waals surface area contributed by atoms with E-state index in [-0.39, 0.29) is 18.0 Å². The van der Waals surface area contributed by atoms with Crippen LogP contribution < -0.4 is 10.9 Å². The molecule has 1 N–H and O–H groups in total. The standard InChI is InChI=1S/C12H16N4O3/c1-19-7-3-5-13-11(17)8-16-12(18)10-4-2-6-15(10)9-14-16/h2,4,6,9H,3,5,7-8H2,1H3,(H,13,17). The van der Waals surface area contributed by atoms with Crippen LogP contribution in [0, 0.1) is 0 Å². The van der Waals surface area contributed by atoms with E-state index in [4.69, 9.17) is 4.74 Å². The number of nitrogens with one attached hydrogen (secondary N) is 1. The number of methoxy groups -OCH3 is 1. The maximum atomic E-state index is 12.0. The molecule has 7 heteroatoms. The molecule has 0 aliphatic carbocycles. The van der Waals surface area contributed by atoms with Crippen LogP contribution in [0.4, 0.5) is 0 Å². The first-order chi connectivity index (χ1) is 9.22. The number of carbonyl (C=O) groups excluding carboxylic acids is 1. The molecule has 2 aromatic heterocycles. The van der Waals surface area contributed by atoms with Crippen molar-refractivity contribution in [1.82, 2.24) is 19.5 Å². The minimum absolute atomic E-state index is 0.0759. The summed E-state index contributed by atoms with van der Waals surface area (Å²) in [5.74, 6) is -0.235. The second kappa shape index (κ2) is 6.14. The molecule has 0 saturated carbocycles. The summed E-state index contributed by atoms with van der Waals surface area (Å²) in [6.07, 6.45) is 3.98. The van der Waals surface area contributed by atoms with Gasteiger partial charge in [0.15, 0.2) is 0 Å². The first-order valence-corrected chi connectivity index (χ1v) is 6.01. The lowest BCUT2D eigenvalue weighted by molar-refractivity contribution is -0.121. The fourth-order valence-electron chi connectivity index (χ4n) is 1.73. The van der Waals surface area contributed by atoms with Crippen molar-refractivity contribution in [1.29, 1.82) is 0 Å². The molecule has 2 heterocycles. The number of nitrogens with zero attached hydrogens (tertiary/aromatic N) is 3. The first kappa shape index (κ1) is 13.3. The highest BCUT2D eigenvalue weighted by Gasteiger charge is 2.07. The second-order valence-electron chi connectivity index (χ2n) is 4.09. The number of fused-ring (bicyclic) bond motifs is 1. The Kier molecular flexibility index (Phi) is 4.30. The Bertz CT molecular complexity index is 617. The summed E-state index contributed by atoms with van der Waals surface area (Å²) in [7, 11) is 1.61. The van der Waals surface area contributed by atoms with Gasteiger partial charge in [0.1, 0.15) is 18.4 Å². The molecule has 0 aliphatic rings. The Morgan fingerprint density at radius 3 is 3.16 bits per heavy atom. The fraction of sp³-hybridized carbons (Fsp3) is 0.417. The molecular weight excluding hydrogens is 248 g/mol. The molecule has 0 spiro atoms. The van der Waals surface area contributed by atoms with Crippen LogP contribution in [0.15, 0.2) is 29.5 Å². The molecule has 0 atom stereocenters. The van der Waals surface area contributed by atoms with Crippen molar-refractivity contribution in [2.24, 2.45) is 0 Å². The molecule has 0 bridgehead atoms. The summed E-state index contributed by atoms with van der Waals surface area (Å²) in [6, 6.07) is 3.45. The van der Waals surface area contributed by atoms with Gasteiger partial charge in [0.2, 0.25) is 5.91 Å². The van der Waals surface area contributed by atoms with E-state index in [2.05, 4.69) is 10.4 Å². The largest absolute Gasteiger partial charge is 0.385 e. The van der Waals surface area contributed by atoms with E-state index in [1.165, 1.54) is 6.33 Å². The van der Waals surface area contributed by atoms with Gasteiger partial charge in [-0.05, 0) is 18.6 Å². The Morgan fingerprint density at radius 1 is 1.53 bits per heavy atom. The highest BCUT2D eigenvalue weighted by atomic mass is 16.5. The summed E-state index contributed by atoms with van der Waals surface area (Å²) in [5, 5.41) is 6.65. The van der Waals surface area contributed by atoms with Crippen LogP contribution in [-0.2, 0) is 16.1 Å². The normalized spacial score (nSPS) is 10.8. The number of hydrogen-bond acceptors (Lipinski definition) is 4. The topological polar surface area (TPSA) is 77.6 Å². The van der Waals surface area contributed by atoms with Crippen LogP contribution in [0.2, 0.25) is 0 Å². The van der Waals surface area contributed by atoms with Gasteiger partial charge in [-0.25, -0.2) is 4.68 Å². The second-order valence-corrected chi connectivity index (χ2v) is 4.09. The molecule has 2 aromatic rings. The number of aromatic nitrogens is 3. The van der Waals surface area contributed by atoms with E-state index in [1.54, 1.807) is 29.8 Å². The van der Waals surface area contributed by atoms with Crippen LogP contribution in [0.1, 0.15) is 6.42 Å². The van der Waals surface area contributed by atoms with Crippen molar-refractivity contribution >= 4 is 11.4 Å². The van der Waals surface area contributed by atoms with Crippen molar-refractivity contribution in [2.45, 2.75) is 13.0 Å². The maximum Gasteiger partial charge on any atom is 0.291 e. The molecule has 0 saturated heterocycles. The number of ether oxygens (including phenoxy) is 1. The third-order valence-corrected chi connectivity index (χ3v) is 2.69. The van der Waals surface area contributed by atoms with Gasteiger partial charge < -0.3 is 14.5 Å². The Labute approximate surface area is 109 Å². The van der Waals surface area contributed by atoms with Crippen molar-refractivity contribution < 1.29 is 9.53 Å². The molecule has 102 valence electrons. The molecular formula is C12H16N4O3. The summed E-state index contributed by atoms with van der Waals surface area (Å²) in [5.41, 5.74) is 0.224. The van der Waals surface area contributed by atoms with E-state index >= 15 is 0 Å². The Morgan fingerprint density at radius 2 is 2.37 bits per heavy atom. The summed E-state index contributed by atoms with van der Waals surface area (Å²) in [6.45, 7) is 1.04. The van der Waals surface area contributed by atoms with Gasteiger partial charge >= 0.3 is 0 Å². The molecule has 7 nitrogen and oxygen atoms in total. The maximum absolute atomic E-state index is 12.0. The zero-order valence-corrected chi connectivity index (χ0v) is 10.7. The number of carbonyl (C=O) groups is 1. The number of rotatable bonds is 6. The molecule has 0 fully saturated rings. The SMILES string of the molecule is COCCCNC(=O)Cn1ncn2cccc2c1=O. The first-order valence-electron chi connectivity index (χ1n) is 6.01. The lowest BCUT2D eigenvalue weighted by atomic mass is 10.4. The lowest BCUT2D eigenvalue weighted by Crippen LogP contribution is -2.34. The molecule has 0 radical (unpaired) electrons. The average molecular weight is 264 g/mol. The van der Waals surface area contributed by atoms with Gasteiger partial charge in [-0.1, -0.05) is 0 Å². The van der Waals surface area contributed by atoms with Crippen LogP contribution in [0.3, 0.4) is 0 Å². The van der Waals surface area contributed by atoms with Crippen molar-refractivity contribution in [3.05, 3.63) is 35.0 Å². The zero-order valence-electron chi connectivity index (χ0n) is 10.7. The average Bonchev–Trinajstić information content (AvgIpc) is 2.87. The number of amides is 1. The monoisotopic (exact) mass is 264 g/mol. The van der Waals surface area contributed by atoms with Crippen molar-refractivity contribution in [3.63, 3.8) is 0 Å². The predicted molar refractivity (Wildman–Crippen MR) is 69.0 cm³/mol.